The van der Waals surface area contributed by atoms with Gasteiger partial charge in [-0.05, 0) is 48.2 Å². The predicted octanol–water partition coefficient (Wildman–Crippen LogP) is 2.48. The molecule has 0 amide bonds. The minimum atomic E-state index is -1.24. The predicted molar refractivity (Wildman–Crippen MR) is 98.6 cm³/mol. The number of hydrogen-bond acceptors (Lipinski definition) is 5. The van der Waals surface area contributed by atoms with Gasteiger partial charge in [0.15, 0.2) is 0 Å². The third-order valence-electron chi connectivity index (χ3n) is 4.53. The Labute approximate surface area is 157 Å². The molecule has 0 aromatic heterocycles. The highest BCUT2D eigenvalue weighted by atomic mass is 35.5. The maximum absolute atomic E-state index is 10.2. The summed E-state index contributed by atoms with van der Waals surface area (Å²) in [5, 5.41) is 30.3. The van der Waals surface area contributed by atoms with Gasteiger partial charge in [0.25, 0.3) is 0 Å². The molecule has 1 saturated heterocycles. The quantitative estimate of drug-likeness (QED) is 0.745. The molecule has 0 spiro atoms. The van der Waals surface area contributed by atoms with Crippen LogP contribution in [0.5, 0.6) is 5.75 Å². The molecule has 2 aromatic rings. The summed E-state index contributed by atoms with van der Waals surface area (Å²) in [4.78, 5) is 0. The van der Waals surface area contributed by atoms with Gasteiger partial charge in [-0.15, -0.1) is 0 Å². The van der Waals surface area contributed by atoms with Crippen LogP contribution in [0.1, 0.15) is 29.7 Å². The van der Waals surface area contributed by atoms with Crippen molar-refractivity contribution < 1.29 is 24.8 Å². The van der Waals surface area contributed by atoms with Crippen molar-refractivity contribution in [3.8, 4) is 5.75 Å². The van der Waals surface area contributed by atoms with Gasteiger partial charge in [0, 0.05) is 5.02 Å². The van der Waals surface area contributed by atoms with Gasteiger partial charge < -0.3 is 24.8 Å². The van der Waals surface area contributed by atoms with Crippen LogP contribution in [0, 0.1) is 0 Å². The van der Waals surface area contributed by atoms with Crippen LogP contribution in [-0.4, -0.2) is 46.8 Å². The largest absolute Gasteiger partial charge is 0.494 e. The van der Waals surface area contributed by atoms with E-state index in [-0.39, 0.29) is 6.61 Å². The summed E-state index contributed by atoms with van der Waals surface area (Å²) in [5.41, 5.74) is 2.69. The Hall–Kier alpha value is -1.63. The lowest BCUT2D eigenvalue weighted by Gasteiger charge is -2.35. The zero-order chi connectivity index (χ0) is 18.7. The monoisotopic (exact) mass is 378 g/mol. The van der Waals surface area contributed by atoms with E-state index in [1.165, 1.54) is 0 Å². The van der Waals surface area contributed by atoms with Gasteiger partial charge in [0.1, 0.15) is 30.2 Å². The van der Waals surface area contributed by atoms with Crippen molar-refractivity contribution in [3.05, 3.63) is 64.2 Å². The Balaban J connectivity index is 1.79. The topological polar surface area (TPSA) is 79.2 Å². The van der Waals surface area contributed by atoms with Gasteiger partial charge in [-0.25, -0.2) is 0 Å². The van der Waals surface area contributed by atoms with E-state index in [9.17, 15) is 15.3 Å². The van der Waals surface area contributed by atoms with Crippen LogP contribution in [0.2, 0.25) is 5.02 Å². The summed E-state index contributed by atoms with van der Waals surface area (Å²) in [6.07, 6.45) is -3.61. The fourth-order valence-electron chi connectivity index (χ4n) is 3.10. The summed E-state index contributed by atoms with van der Waals surface area (Å²) in [7, 11) is 0. The lowest BCUT2D eigenvalue weighted by atomic mass is 9.93. The Morgan fingerprint density at radius 3 is 2.50 bits per heavy atom. The molecule has 0 radical (unpaired) electrons. The summed E-state index contributed by atoms with van der Waals surface area (Å²) < 4.78 is 11.0. The number of aliphatic hydroxyl groups excluding tert-OH is 3. The van der Waals surface area contributed by atoms with E-state index in [1.54, 1.807) is 12.1 Å². The highest BCUT2D eigenvalue weighted by Crippen LogP contribution is 2.32. The van der Waals surface area contributed by atoms with E-state index >= 15 is 0 Å². The molecule has 5 nitrogen and oxygen atoms in total. The number of hydrogen-bond donors (Lipinski definition) is 3. The first-order valence-corrected chi connectivity index (χ1v) is 9.03. The Kier molecular flexibility index (Phi) is 6.16. The molecular formula is C20H23ClO5. The number of ether oxygens (including phenoxy) is 2. The van der Waals surface area contributed by atoms with E-state index in [4.69, 9.17) is 21.1 Å². The first-order valence-electron chi connectivity index (χ1n) is 8.65. The van der Waals surface area contributed by atoms with Crippen LogP contribution in [0.15, 0.2) is 42.5 Å². The zero-order valence-electron chi connectivity index (χ0n) is 14.5. The zero-order valence-corrected chi connectivity index (χ0v) is 15.3. The number of benzene rings is 2. The normalized spacial score (nSPS) is 25.9. The summed E-state index contributed by atoms with van der Waals surface area (Å²) >= 11 is 6.34. The van der Waals surface area contributed by atoms with Crippen molar-refractivity contribution in [2.75, 3.05) is 13.2 Å². The van der Waals surface area contributed by atoms with Gasteiger partial charge >= 0.3 is 0 Å². The average Bonchev–Trinajstić information content (AvgIpc) is 2.64. The summed E-state index contributed by atoms with van der Waals surface area (Å²) in [6.45, 7) is 2.54. The molecule has 0 aliphatic carbocycles. The maximum atomic E-state index is 10.2. The Morgan fingerprint density at radius 1 is 1.08 bits per heavy atom. The van der Waals surface area contributed by atoms with Crippen molar-refractivity contribution in [3.63, 3.8) is 0 Å². The highest BCUT2D eigenvalue weighted by molar-refractivity contribution is 6.31. The van der Waals surface area contributed by atoms with Gasteiger partial charge in [-0.3, -0.25) is 0 Å². The molecular weight excluding hydrogens is 356 g/mol. The maximum Gasteiger partial charge on any atom is 0.119 e. The second kappa shape index (κ2) is 8.37. The van der Waals surface area contributed by atoms with Crippen molar-refractivity contribution in [2.24, 2.45) is 0 Å². The van der Waals surface area contributed by atoms with Crippen LogP contribution in [0.25, 0.3) is 0 Å². The number of rotatable bonds is 5. The van der Waals surface area contributed by atoms with Gasteiger partial charge in [-0.2, -0.15) is 0 Å². The lowest BCUT2D eigenvalue weighted by Crippen LogP contribution is -2.49. The van der Waals surface area contributed by atoms with Crippen molar-refractivity contribution in [2.45, 2.75) is 37.8 Å². The summed E-state index contributed by atoms with van der Waals surface area (Å²) in [6, 6.07) is 13.2. The third-order valence-corrected chi connectivity index (χ3v) is 4.90. The molecule has 1 aliphatic heterocycles. The smallest absolute Gasteiger partial charge is 0.119 e. The first kappa shape index (κ1) is 19.1. The van der Waals surface area contributed by atoms with Crippen LogP contribution in [-0.2, 0) is 11.2 Å². The van der Waals surface area contributed by atoms with E-state index in [2.05, 4.69) is 0 Å². The number of aliphatic hydroxyl groups is 3. The molecule has 3 N–H and O–H groups in total. The average molecular weight is 379 g/mol. The molecule has 0 bridgehead atoms. The minimum absolute atomic E-state index is 0.0280. The Morgan fingerprint density at radius 2 is 1.81 bits per heavy atom. The molecule has 1 unspecified atom stereocenters. The minimum Gasteiger partial charge on any atom is -0.494 e. The van der Waals surface area contributed by atoms with Crippen LogP contribution in [0.3, 0.4) is 0 Å². The molecule has 6 heteroatoms. The SMILES string of the molecule is CCOc1ccc(Cc2cc([C@@H]3OCC(O)[C@H](O)[C@H]3O)ccc2Cl)cc1. The molecule has 26 heavy (non-hydrogen) atoms. The lowest BCUT2D eigenvalue weighted by molar-refractivity contribution is -0.189. The standard InChI is InChI=1S/C20H23ClO5/c1-2-25-15-6-3-12(4-7-15)9-14-10-13(5-8-16(14)21)20-19(24)18(23)17(22)11-26-20/h3-8,10,17-20,22-24H,2,9,11H2,1H3/t17?,18-,19+,20-/m0/s1. The third kappa shape index (κ3) is 4.19. The van der Waals surface area contributed by atoms with Gasteiger partial charge in [-0.1, -0.05) is 35.9 Å². The van der Waals surface area contributed by atoms with Gasteiger partial charge in [0.05, 0.1) is 13.2 Å². The highest BCUT2D eigenvalue weighted by Gasteiger charge is 2.38. The van der Waals surface area contributed by atoms with E-state index in [1.807, 2.05) is 37.3 Å². The first-order chi connectivity index (χ1) is 12.5. The fourth-order valence-corrected chi connectivity index (χ4v) is 3.28. The molecule has 0 saturated carbocycles. The van der Waals surface area contributed by atoms with E-state index in [0.29, 0.717) is 23.6 Å². The van der Waals surface area contributed by atoms with Crippen LogP contribution in [0.4, 0.5) is 0 Å². The second-order valence-corrected chi connectivity index (χ2v) is 6.81. The van der Waals surface area contributed by atoms with Crippen molar-refractivity contribution in [1.82, 2.24) is 0 Å². The molecule has 140 valence electrons. The van der Waals surface area contributed by atoms with Crippen molar-refractivity contribution in [1.29, 1.82) is 0 Å². The molecule has 3 rings (SSSR count). The molecule has 1 fully saturated rings. The fraction of sp³-hybridized carbons (Fsp3) is 0.400. The van der Waals surface area contributed by atoms with E-state index < -0.39 is 24.4 Å². The molecule has 4 atom stereocenters. The Bertz CT molecular complexity index is 733. The second-order valence-electron chi connectivity index (χ2n) is 6.41. The molecule has 1 aliphatic rings. The van der Waals surface area contributed by atoms with Gasteiger partial charge in [0.2, 0.25) is 0 Å². The molecule has 2 aromatic carbocycles. The van der Waals surface area contributed by atoms with Crippen molar-refractivity contribution >= 4 is 11.6 Å². The number of halogens is 1. The molecule has 1 heterocycles. The van der Waals surface area contributed by atoms with Crippen LogP contribution < -0.4 is 4.74 Å². The summed E-state index contributed by atoms with van der Waals surface area (Å²) in [5.74, 6) is 0.822. The van der Waals surface area contributed by atoms with Crippen LogP contribution >= 0.6 is 11.6 Å². The van der Waals surface area contributed by atoms with E-state index in [0.717, 1.165) is 16.9 Å².